The Hall–Kier alpha value is -1.47. The summed E-state index contributed by atoms with van der Waals surface area (Å²) in [6.45, 7) is 3.62. The van der Waals surface area contributed by atoms with Gasteiger partial charge in [-0.25, -0.2) is 13.1 Å². The van der Waals surface area contributed by atoms with Crippen molar-refractivity contribution in [2.75, 3.05) is 12.8 Å². The maximum atomic E-state index is 11.7. The molecule has 6 nitrogen and oxygen atoms in total. The fourth-order valence-corrected chi connectivity index (χ4v) is 1.97. The average Bonchev–Trinajstić information content (AvgIpc) is 2.32. The SMILES string of the molecule is CC[C@H](NC(=O)CNS(C)(=O)=O)c1cc(C)ccn1. The number of hydrogen-bond donors (Lipinski definition) is 2. The van der Waals surface area contributed by atoms with Gasteiger partial charge in [-0.2, -0.15) is 0 Å². The first-order valence-electron chi connectivity index (χ1n) is 5.98. The molecule has 1 amide bonds. The molecule has 1 rings (SSSR count). The van der Waals surface area contributed by atoms with Crippen LogP contribution in [0.5, 0.6) is 0 Å². The number of carbonyl (C=O) groups is 1. The van der Waals surface area contributed by atoms with E-state index >= 15 is 0 Å². The fraction of sp³-hybridized carbons (Fsp3) is 0.500. The number of nitrogens with zero attached hydrogens (tertiary/aromatic N) is 1. The van der Waals surface area contributed by atoms with Gasteiger partial charge in [0.2, 0.25) is 15.9 Å². The Balaban J connectivity index is 2.65. The Morgan fingerprint density at radius 3 is 2.68 bits per heavy atom. The number of rotatable bonds is 6. The third-order valence-electron chi connectivity index (χ3n) is 2.53. The minimum absolute atomic E-state index is 0.214. The number of amides is 1. The lowest BCUT2D eigenvalue weighted by molar-refractivity contribution is -0.120. The van der Waals surface area contributed by atoms with E-state index in [1.54, 1.807) is 6.20 Å². The van der Waals surface area contributed by atoms with Crippen LogP contribution in [0, 0.1) is 6.92 Å². The molecule has 0 aromatic carbocycles. The van der Waals surface area contributed by atoms with E-state index in [1.165, 1.54) is 0 Å². The molecular weight excluding hydrogens is 266 g/mol. The number of aromatic nitrogens is 1. The zero-order valence-corrected chi connectivity index (χ0v) is 12.1. The van der Waals surface area contributed by atoms with Gasteiger partial charge in [-0.3, -0.25) is 9.78 Å². The van der Waals surface area contributed by atoms with Gasteiger partial charge in [0.15, 0.2) is 0 Å². The molecule has 0 spiro atoms. The minimum Gasteiger partial charge on any atom is -0.347 e. The third kappa shape index (κ3) is 5.80. The number of sulfonamides is 1. The van der Waals surface area contributed by atoms with Gasteiger partial charge in [0.25, 0.3) is 0 Å². The summed E-state index contributed by atoms with van der Waals surface area (Å²) in [4.78, 5) is 15.9. The van der Waals surface area contributed by atoms with E-state index in [9.17, 15) is 13.2 Å². The minimum atomic E-state index is -3.36. The van der Waals surface area contributed by atoms with Crippen LogP contribution >= 0.6 is 0 Å². The molecule has 1 aromatic heterocycles. The molecule has 0 radical (unpaired) electrons. The molecule has 0 saturated carbocycles. The molecule has 0 aliphatic rings. The first kappa shape index (κ1) is 15.6. The number of nitrogens with one attached hydrogen (secondary N) is 2. The summed E-state index contributed by atoms with van der Waals surface area (Å²) in [6, 6.07) is 3.57. The Bertz CT molecular complexity index is 543. The van der Waals surface area contributed by atoms with Crippen LogP contribution < -0.4 is 10.0 Å². The smallest absolute Gasteiger partial charge is 0.235 e. The second-order valence-corrected chi connectivity index (χ2v) is 6.21. The van der Waals surface area contributed by atoms with Crippen molar-refractivity contribution in [2.45, 2.75) is 26.3 Å². The van der Waals surface area contributed by atoms with Crippen LogP contribution in [-0.4, -0.2) is 32.1 Å². The molecule has 2 N–H and O–H groups in total. The van der Waals surface area contributed by atoms with E-state index in [4.69, 9.17) is 0 Å². The van der Waals surface area contributed by atoms with E-state index in [2.05, 4.69) is 15.0 Å². The van der Waals surface area contributed by atoms with Gasteiger partial charge in [0, 0.05) is 6.20 Å². The van der Waals surface area contributed by atoms with Crippen LogP contribution in [-0.2, 0) is 14.8 Å². The van der Waals surface area contributed by atoms with Crippen molar-refractivity contribution in [3.63, 3.8) is 0 Å². The summed E-state index contributed by atoms with van der Waals surface area (Å²) in [6.07, 6.45) is 3.38. The van der Waals surface area contributed by atoms with Crippen molar-refractivity contribution in [1.82, 2.24) is 15.0 Å². The summed E-state index contributed by atoms with van der Waals surface area (Å²) < 4.78 is 24.0. The van der Waals surface area contributed by atoms with Crippen LogP contribution in [0.15, 0.2) is 18.3 Å². The Labute approximate surface area is 113 Å². The van der Waals surface area contributed by atoms with Gasteiger partial charge in [0.1, 0.15) is 0 Å². The predicted molar refractivity (Wildman–Crippen MR) is 73.0 cm³/mol. The summed E-state index contributed by atoms with van der Waals surface area (Å²) in [5, 5.41) is 2.75. The Kier molecular flexibility index (Phi) is 5.44. The van der Waals surface area contributed by atoms with Gasteiger partial charge >= 0.3 is 0 Å². The van der Waals surface area contributed by atoms with Crippen LogP contribution in [0.3, 0.4) is 0 Å². The van der Waals surface area contributed by atoms with Gasteiger partial charge in [-0.05, 0) is 31.0 Å². The topological polar surface area (TPSA) is 88.2 Å². The van der Waals surface area contributed by atoms with Crippen molar-refractivity contribution in [1.29, 1.82) is 0 Å². The highest BCUT2D eigenvalue weighted by Crippen LogP contribution is 2.14. The lowest BCUT2D eigenvalue weighted by Gasteiger charge is -2.17. The highest BCUT2D eigenvalue weighted by molar-refractivity contribution is 7.88. The quantitative estimate of drug-likeness (QED) is 0.797. The largest absolute Gasteiger partial charge is 0.347 e. The molecule has 1 aromatic rings. The standard InChI is InChI=1S/C12H19N3O3S/c1-4-10(11-7-9(2)5-6-13-11)15-12(16)8-14-19(3,17)18/h5-7,10,14H,4,8H2,1-3H3,(H,15,16)/t10-/m0/s1. The number of aryl methyl sites for hydroxylation is 1. The summed E-state index contributed by atoms with van der Waals surface area (Å²) in [5.74, 6) is -0.374. The Morgan fingerprint density at radius 2 is 2.16 bits per heavy atom. The molecule has 0 unspecified atom stereocenters. The van der Waals surface area contributed by atoms with Crippen LogP contribution in [0.25, 0.3) is 0 Å². The molecule has 0 aliphatic heterocycles. The monoisotopic (exact) mass is 285 g/mol. The van der Waals surface area contributed by atoms with Crippen molar-refractivity contribution >= 4 is 15.9 Å². The summed E-state index contributed by atoms with van der Waals surface area (Å²) in [7, 11) is -3.36. The molecule has 1 atom stereocenters. The summed E-state index contributed by atoms with van der Waals surface area (Å²) >= 11 is 0. The maximum absolute atomic E-state index is 11.7. The molecule has 1 heterocycles. The Morgan fingerprint density at radius 1 is 1.47 bits per heavy atom. The van der Waals surface area contributed by atoms with Crippen molar-refractivity contribution in [3.05, 3.63) is 29.6 Å². The second-order valence-electron chi connectivity index (χ2n) is 4.38. The lowest BCUT2D eigenvalue weighted by atomic mass is 10.1. The zero-order chi connectivity index (χ0) is 14.5. The zero-order valence-electron chi connectivity index (χ0n) is 11.3. The van der Waals surface area contributed by atoms with Gasteiger partial charge < -0.3 is 5.32 Å². The van der Waals surface area contributed by atoms with E-state index < -0.39 is 10.0 Å². The van der Waals surface area contributed by atoms with E-state index in [0.717, 1.165) is 17.5 Å². The van der Waals surface area contributed by atoms with E-state index in [0.29, 0.717) is 6.42 Å². The van der Waals surface area contributed by atoms with Gasteiger partial charge in [-0.1, -0.05) is 6.92 Å². The third-order valence-corrected chi connectivity index (χ3v) is 3.20. The van der Waals surface area contributed by atoms with Crippen LogP contribution in [0.2, 0.25) is 0 Å². The maximum Gasteiger partial charge on any atom is 0.235 e. The molecule has 106 valence electrons. The molecule has 7 heteroatoms. The highest BCUT2D eigenvalue weighted by Gasteiger charge is 2.14. The first-order valence-corrected chi connectivity index (χ1v) is 7.87. The molecule has 19 heavy (non-hydrogen) atoms. The summed E-state index contributed by atoms with van der Waals surface area (Å²) in [5.41, 5.74) is 1.84. The highest BCUT2D eigenvalue weighted by atomic mass is 32.2. The molecule has 0 fully saturated rings. The number of pyridine rings is 1. The molecule has 0 bridgehead atoms. The number of carbonyl (C=O) groups excluding carboxylic acids is 1. The normalized spacial score (nSPS) is 13.0. The van der Waals surface area contributed by atoms with Crippen molar-refractivity contribution in [2.24, 2.45) is 0 Å². The first-order chi connectivity index (χ1) is 8.81. The fourth-order valence-electron chi connectivity index (χ4n) is 1.58. The predicted octanol–water partition coefficient (Wildman–Crippen LogP) is 0.507. The van der Waals surface area contributed by atoms with Crippen LogP contribution in [0.4, 0.5) is 0 Å². The van der Waals surface area contributed by atoms with Crippen molar-refractivity contribution < 1.29 is 13.2 Å². The van der Waals surface area contributed by atoms with Crippen LogP contribution in [0.1, 0.15) is 30.6 Å². The average molecular weight is 285 g/mol. The van der Waals surface area contributed by atoms with Crippen molar-refractivity contribution in [3.8, 4) is 0 Å². The second kappa shape index (κ2) is 6.63. The number of hydrogen-bond acceptors (Lipinski definition) is 4. The van der Waals surface area contributed by atoms with E-state index in [1.807, 2.05) is 26.0 Å². The molecule has 0 aliphatic carbocycles. The molecule has 0 saturated heterocycles. The van der Waals surface area contributed by atoms with Gasteiger partial charge in [0.05, 0.1) is 24.5 Å². The van der Waals surface area contributed by atoms with Gasteiger partial charge in [-0.15, -0.1) is 0 Å². The van der Waals surface area contributed by atoms with E-state index in [-0.39, 0.29) is 18.5 Å². The molecular formula is C12H19N3O3S. The lowest BCUT2D eigenvalue weighted by Crippen LogP contribution is -2.38.